The molecule has 2 unspecified atom stereocenters. The molecule has 2 saturated heterocycles. The first kappa shape index (κ1) is 17.8. The Balaban J connectivity index is 1.36. The molecular formula is C21H23N3O3S. The lowest BCUT2D eigenvalue weighted by Crippen LogP contribution is -2.43. The fourth-order valence-electron chi connectivity index (χ4n) is 4.56. The van der Waals surface area contributed by atoms with Crippen molar-refractivity contribution < 1.29 is 9.84 Å². The Morgan fingerprint density at radius 1 is 1.21 bits per heavy atom. The smallest absolute Gasteiger partial charge is 0.275 e. The molecule has 28 heavy (non-hydrogen) atoms. The maximum Gasteiger partial charge on any atom is 0.275 e. The molecule has 2 bridgehead atoms. The molecule has 3 aromatic rings. The van der Waals surface area contributed by atoms with Gasteiger partial charge < -0.3 is 14.7 Å². The summed E-state index contributed by atoms with van der Waals surface area (Å²) in [5.41, 5.74) is 1.27. The van der Waals surface area contributed by atoms with E-state index < -0.39 is 0 Å². The van der Waals surface area contributed by atoms with Gasteiger partial charge in [-0.2, -0.15) is 0 Å². The van der Waals surface area contributed by atoms with Crippen LogP contribution in [0.15, 0.2) is 41.5 Å². The van der Waals surface area contributed by atoms with E-state index in [0.717, 1.165) is 29.2 Å². The van der Waals surface area contributed by atoms with E-state index in [-0.39, 0.29) is 18.3 Å². The van der Waals surface area contributed by atoms with Gasteiger partial charge in [0.2, 0.25) is 0 Å². The molecule has 0 amide bonds. The van der Waals surface area contributed by atoms with Crippen molar-refractivity contribution in [1.82, 2.24) is 14.5 Å². The van der Waals surface area contributed by atoms with Crippen molar-refractivity contribution in [3.8, 4) is 11.4 Å². The molecule has 4 heterocycles. The van der Waals surface area contributed by atoms with Crippen LogP contribution in [0.4, 0.5) is 0 Å². The SMILES string of the molecule is CN1C2CCC1CC(Oc1ccc(-n3cnc4cc(CO)sc4c3=O)cc1)C2. The van der Waals surface area contributed by atoms with Crippen molar-refractivity contribution in [2.75, 3.05) is 7.05 Å². The predicted octanol–water partition coefficient (Wildman–Crippen LogP) is 2.94. The molecule has 1 aromatic carbocycles. The standard InChI is InChI=1S/C21H23N3O3S/c1-23-14-2-3-15(23)9-17(8-14)27-16-6-4-13(5-7-16)24-12-22-19-10-18(11-25)28-20(19)21(24)26/h4-7,10,12,14-15,17,25H,2-3,8-9,11H2,1H3. The number of aliphatic hydroxyl groups excluding tert-OH is 1. The van der Waals surface area contributed by atoms with Gasteiger partial charge in [-0.25, -0.2) is 4.98 Å². The van der Waals surface area contributed by atoms with E-state index in [0.29, 0.717) is 22.3 Å². The molecule has 0 saturated carbocycles. The first-order chi connectivity index (χ1) is 13.6. The third-order valence-corrected chi connectivity index (χ3v) is 7.21. The van der Waals surface area contributed by atoms with Crippen molar-refractivity contribution in [1.29, 1.82) is 0 Å². The van der Waals surface area contributed by atoms with Gasteiger partial charge in [0.25, 0.3) is 5.56 Å². The largest absolute Gasteiger partial charge is 0.490 e. The highest BCUT2D eigenvalue weighted by atomic mass is 32.1. The molecule has 0 spiro atoms. The van der Waals surface area contributed by atoms with E-state index in [1.54, 1.807) is 17.0 Å². The lowest BCUT2D eigenvalue weighted by atomic mass is 10.0. The average molecular weight is 398 g/mol. The summed E-state index contributed by atoms with van der Waals surface area (Å²) < 4.78 is 8.34. The zero-order valence-electron chi connectivity index (χ0n) is 15.7. The van der Waals surface area contributed by atoms with Crippen LogP contribution in [-0.2, 0) is 6.61 Å². The molecule has 7 heteroatoms. The first-order valence-electron chi connectivity index (χ1n) is 9.72. The Kier molecular flexibility index (Phi) is 4.45. The van der Waals surface area contributed by atoms with Crippen LogP contribution in [0.25, 0.3) is 15.9 Å². The molecule has 146 valence electrons. The summed E-state index contributed by atoms with van der Waals surface area (Å²) in [4.78, 5) is 20.4. The van der Waals surface area contributed by atoms with E-state index in [1.807, 2.05) is 24.3 Å². The zero-order chi connectivity index (χ0) is 19.3. The van der Waals surface area contributed by atoms with Crippen LogP contribution in [0.2, 0.25) is 0 Å². The molecule has 1 N–H and O–H groups in total. The minimum atomic E-state index is -0.115. The number of hydrogen-bond donors (Lipinski definition) is 1. The Morgan fingerprint density at radius 3 is 2.61 bits per heavy atom. The molecule has 2 aliphatic rings. The minimum absolute atomic E-state index is 0.0782. The summed E-state index contributed by atoms with van der Waals surface area (Å²) >= 11 is 1.29. The Hall–Kier alpha value is -2.22. The summed E-state index contributed by atoms with van der Waals surface area (Å²) in [7, 11) is 2.23. The van der Waals surface area contributed by atoms with Crippen molar-refractivity contribution in [2.45, 2.75) is 50.5 Å². The van der Waals surface area contributed by atoms with Crippen molar-refractivity contribution in [2.24, 2.45) is 0 Å². The number of ether oxygens (including phenoxy) is 1. The summed E-state index contributed by atoms with van der Waals surface area (Å²) in [5.74, 6) is 0.846. The molecule has 2 aliphatic heterocycles. The van der Waals surface area contributed by atoms with E-state index in [4.69, 9.17) is 4.74 Å². The summed E-state index contributed by atoms with van der Waals surface area (Å²) in [6.07, 6.45) is 6.53. The van der Waals surface area contributed by atoms with Crippen LogP contribution in [-0.4, -0.2) is 44.8 Å². The van der Waals surface area contributed by atoms with Crippen molar-refractivity contribution in [3.63, 3.8) is 0 Å². The zero-order valence-corrected chi connectivity index (χ0v) is 16.6. The third kappa shape index (κ3) is 3.03. The highest BCUT2D eigenvalue weighted by Crippen LogP contribution is 2.36. The molecule has 2 fully saturated rings. The van der Waals surface area contributed by atoms with E-state index >= 15 is 0 Å². The number of rotatable bonds is 4. The molecule has 6 nitrogen and oxygen atoms in total. The molecular weight excluding hydrogens is 374 g/mol. The lowest BCUT2D eigenvalue weighted by molar-refractivity contribution is 0.0662. The topological polar surface area (TPSA) is 67.6 Å². The Morgan fingerprint density at radius 2 is 1.93 bits per heavy atom. The highest BCUT2D eigenvalue weighted by Gasteiger charge is 2.39. The van der Waals surface area contributed by atoms with Gasteiger partial charge in [-0.1, -0.05) is 0 Å². The third-order valence-electron chi connectivity index (χ3n) is 6.12. The Bertz CT molecular complexity index is 1040. The van der Waals surface area contributed by atoms with Gasteiger partial charge in [-0.15, -0.1) is 11.3 Å². The highest BCUT2D eigenvalue weighted by molar-refractivity contribution is 7.18. The van der Waals surface area contributed by atoms with Crippen LogP contribution in [0.3, 0.4) is 0 Å². The maximum absolute atomic E-state index is 12.8. The molecule has 2 aromatic heterocycles. The number of hydrogen-bond acceptors (Lipinski definition) is 6. The minimum Gasteiger partial charge on any atom is -0.490 e. The maximum atomic E-state index is 12.8. The summed E-state index contributed by atoms with van der Waals surface area (Å²) in [5, 5.41) is 9.29. The molecule has 2 atom stereocenters. The fraction of sp³-hybridized carbons (Fsp3) is 0.429. The lowest BCUT2D eigenvalue weighted by Gasteiger charge is -2.36. The normalized spacial score (nSPS) is 24.7. The monoisotopic (exact) mass is 397 g/mol. The van der Waals surface area contributed by atoms with Crippen LogP contribution in [0.5, 0.6) is 5.75 Å². The van der Waals surface area contributed by atoms with Gasteiger partial charge in [0.1, 0.15) is 22.9 Å². The van der Waals surface area contributed by atoms with E-state index in [2.05, 4.69) is 16.9 Å². The van der Waals surface area contributed by atoms with Crippen LogP contribution < -0.4 is 10.3 Å². The van der Waals surface area contributed by atoms with Gasteiger partial charge in [-0.3, -0.25) is 9.36 Å². The van der Waals surface area contributed by atoms with Gasteiger partial charge in [0.15, 0.2) is 0 Å². The second-order valence-corrected chi connectivity index (χ2v) is 8.90. The molecule has 5 rings (SSSR count). The molecule has 0 radical (unpaired) electrons. The van der Waals surface area contributed by atoms with Crippen LogP contribution >= 0.6 is 11.3 Å². The van der Waals surface area contributed by atoms with Gasteiger partial charge in [0.05, 0.1) is 17.8 Å². The van der Waals surface area contributed by atoms with Gasteiger partial charge in [0, 0.05) is 17.0 Å². The average Bonchev–Trinajstić information content (AvgIpc) is 3.21. The number of fused-ring (bicyclic) bond motifs is 3. The summed E-state index contributed by atoms with van der Waals surface area (Å²) in [6, 6.07) is 10.7. The van der Waals surface area contributed by atoms with E-state index in [9.17, 15) is 9.90 Å². The number of benzene rings is 1. The summed E-state index contributed by atoms with van der Waals surface area (Å²) in [6.45, 7) is -0.0782. The molecule has 0 aliphatic carbocycles. The number of aromatic nitrogens is 2. The van der Waals surface area contributed by atoms with E-state index in [1.165, 1.54) is 24.2 Å². The van der Waals surface area contributed by atoms with Gasteiger partial charge >= 0.3 is 0 Å². The quantitative estimate of drug-likeness (QED) is 0.733. The second-order valence-electron chi connectivity index (χ2n) is 7.76. The van der Waals surface area contributed by atoms with Crippen LogP contribution in [0.1, 0.15) is 30.6 Å². The van der Waals surface area contributed by atoms with Crippen LogP contribution in [0, 0.1) is 0 Å². The second kappa shape index (κ2) is 6.99. The van der Waals surface area contributed by atoms with Crippen molar-refractivity contribution >= 4 is 21.6 Å². The Labute approximate surface area is 167 Å². The van der Waals surface area contributed by atoms with Crippen molar-refractivity contribution in [3.05, 3.63) is 51.9 Å². The number of nitrogens with zero attached hydrogens (tertiary/aromatic N) is 3. The first-order valence-corrected chi connectivity index (χ1v) is 10.5. The van der Waals surface area contributed by atoms with Gasteiger partial charge in [-0.05, 0) is 63.1 Å². The number of piperidine rings is 1. The fourth-order valence-corrected chi connectivity index (χ4v) is 5.46. The number of aliphatic hydroxyl groups is 1. The number of thiophene rings is 1. The predicted molar refractivity (Wildman–Crippen MR) is 109 cm³/mol.